The van der Waals surface area contributed by atoms with E-state index in [0.29, 0.717) is 6.61 Å². The molecule has 0 saturated heterocycles. The second-order valence-electron chi connectivity index (χ2n) is 4.22. The Bertz CT molecular complexity index is 465. The van der Waals surface area contributed by atoms with Crippen LogP contribution < -0.4 is 10.1 Å². The standard InChI is InChI=1S/C15H19NO4/c1-2-3-10-20-13-7-4-12(5-8-13)6-9-14(17)16-11-15(18)19/h4-9H,2-3,10-11H2,1H3,(H,16,17)(H,18,19)/b9-6+. The topological polar surface area (TPSA) is 75.6 Å². The number of carbonyl (C=O) groups is 2. The van der Waals surface area contributed by atoms with E-state index in [1.54, 1.807) is 6.08 Å². The quantitative estimate of drug-likeness (QED) is 0.563. The number of benzene rings is 1. The first-order valence-corrected chi connectivity index (χ1v) is 6.52. The van der Waals surface area contributed by atoms with Gasteiger partial charge in [0.15, 0.2) is 0 Å². The molecule has 0 aliphatic heterocycles. The first-order chi connectivity index (χ1) is 9.61. The molecule has 5 heteroatoms. The van der Waals surface area contributed by atoms with Gasteiger partial charge in [0, 0.05) is 6.08 Å². The minimum atomic E-state index is -1.07. The van der Waals surface area contributed by atoms with Crippen LogP contribution in [-0.2, 0) is 9.59 Å². The number of carbonyl (C=O) groups excluding carboxylic acids is 1. The van der Waals surface area contributed by atoms with E-state index >= 15 is 0 Å². The van der Waals surface area contributed by atoms with Crippen molar-refractivity contribution in [3.63, 3.8) is 0 Å². The van der Waals surface area contributed by atoms with Gasteiger partial charge in [0.25, 0.3) is 0 Å². The van der Waals surface area contributed by atoms with Crippen molar-refractivity contribution in [1.82, 2.24) is 5.32 Å². The van der Waals surface area contributed by atoms with Crippen LogP contribution in [0.3, 0.4) is 0 Å². The van der Waals surface area contributed by atoms with Gasteiger partial charge in [-0.3, -0.25) is 9.59 Å². The molecular formula is C15H19NO4. The molecule has 0 bridgehead atoms. The SMILES string of the molecule is CCCCOc1ccc(/C=C/C(=O)NCC(=O)O)cc1. The number of aliphatic carboxylic acids is 1. The van der Waals surface area contributed by atoms with Crippen molar-refractivity contribution in [3.8, 4) is 5.75 Å². The zero-order chi connectivity index (χ0) is 14.8. The molecule has 0 atom stereocenters. The van der Waals surface area contributed by atoms with E-state index in [2.05, 4.69) is 12.2 Å². The van der Waals surface area contributed by atoms with Crippen LogP contribution in [0.5, 0.6) is 5.75 Å². The summed E-state index contributed by atoms with van der Waals surface area (Å²) in [6.07, 6.45) is 5.03. The van der Waals surface area contributed by atoms with Crippen LogP contribution in [0, 0.1) is 0 Å². The summed E-state index contributed by atoms with van der Waals surface area (Å²) in [6.45, 7) is 2.42. The van der Waals surface area contributed by atoms with Gasteiger partial charge in [-0.25, -0.2) is 0 Å². The lowest BCUT2D eigenvalue weighted by atomic mass is 10.2. The van der Waals surface area contributed by atoms with Gasteiger partial charge in [0.05, 0.1) is 6.61 Å². The highest BCUT2D eigenvalue weighted by atomic mass is 16.5. The fourth-order valence-corrected chi connectivity index (χ4v) is 1.40. The number of carboxylic acids is 1. The summed E-state index contributed by atoms with van der Waals surface area (Å²) < 4.78 is 5.52. The van der Waals surface area contributed by atoms with Crippen molar-refractivity contribution in [1.29, 1.82) is 0 Å². The Morgan fingerprint density at radius 1 is 1.30 bits per heavy atom. The number of hydrogen-bond acceptors (Lipinski definition) is 3. The van der Waals surface area contributed by atoms with Crippen molar-refractivity contribution < 1.29 is 19.4 Å². The Labute approximate surface area is 118 Å². The van der Waals surface area contributed by atoms with E-state index in [0.717, 1.165) is 24.2 Å². The highest BCUT2D eigenvalue weighted by Gasteiger charge is 1.99. The maximum absolute atomic E-state index is 11.3. The maximum Gasteiger partial charge on any atom is 0.322 e. The third kappa shape index (κ3) is 6.58. The number of hydrogen-bond donors (Lipinski definition) is 2. The third-order valence-electron chi connectivity index (χ3n) is 2.49. The van der Waals surface area contributed by atoms with Crippen LogP contribution in [0.4, 0.5) is 0 Å². The van der Waals surface area contributed by atoms with Gasteiger partial charge in [0.1, 0.15) is 12.3 Å². The Morgan fingerprint density at radius 3 is 2.60 bits per heavy atom. The van der Waals surface area contributed by atoms with Crippen LogP contribution >= 0.6 is 0 Å². The summed E-state index contributed by atoms with van der Waals surface area (Å²) in [5.74, 6) is -0.707. The van der Waals surface area contributed by atoms with Crippen molar-refractivity contribution in [2.24, 2.45) is 0 Å². The molecule has 1 aromatic carbocycles. The van der Waals surface area contributed by atoms with Crippen LogP contribution in [0.15, 0.2) is 30.3 Å². The van der Waals surface area contributed by atoms with E-state index in [9.17, 15) is 9.59 Å². The van der Waals surface area contributed by atoms with E-state index in [4.69, 9.17) is 9.84 Å². The molecule has 0 unspecified atom stereocenters. The fraction of sp³-hybridized carbons (Fsp3) is 0.333. The Hall–Kier alpha value is -2.30. The van der Waals surface area contributed by atoms with E-state index < -0.39 is 11.9 Å². The molecule has 2 N–H and O–H groups in total. The van der Waals surface area contributed by atoms with Gasteiger partial charge in [-0.15, -0.1) is 0 Å². The van der Waals surface area contributed by atoms with Crippen LogP contribution in [-0.4, -0.2) is 30.1 Å². The smallest absolute Gasteiger partial charge is 0.322 e. The molecule has 1 aromatic rings. The number of nitrogens with one attached hydrogen (secondary N) is 1. The second-order valence-corrected chi connectivity index (χ2v) is 4.22. The molecule has 0 saturated carbocycles. The molecule has 1 rings (SSSR count). The lowest BCUT2D eigenvalue weighted by Gasteiger charge is -2.05. The molecule has 20 heavy (non-hydrogen) atoms. The molecular weight excluding hydrogens is 258 g/mol. The van der Waals surface area contributed by atoms with Crippen molar-refractivity contribution >= 4 is 18.0 Å². The predicted molar refractivity (Wildman–Crippen MR) is 76.5 cm³/mol. The molecule has 0 fully saturated rings. The second kappa shape index (κ2) is 8.74. The number of rotatable bonds is 8. The fourth-order valence-electron chi connectivity index (χ4n) is 1.40. The zero-order valence-electron chi connectivity index (χ0n) is 11.5. The zero-order valence-corrected chi connectivity index (χ0v) is 11.5. The van der Waals surface area contributed by atoms with Crippen molar-refractivity contribution in [3.05, 3.63) is 35.9 Å². The highest BCUT2D eigenvalue weighted by Crippen LogP contribution is 2.13. The minimum absolute atomic E-state index is 0.382. The number of unbranched alkanes of at least 4 members (excludes halogenated alkanes) is 1. The summed E-state index contributed by atoms with van der Waals surface area (Å²) >= 11 is 0. The van der Waals surface area contributed by atoms with Crippen LogP contribution in [0.2, 0.25) is 0 Å². The van der Waals surface area contributed by atoms with E-state index in [1.165, 1.54) is 6.08 Å². The Kier molecular flexibility index (Phi) is 6.89. The molecule has 0 heterocycles. The maximum atomic E-state index is 11.3. The number of ether oxygens (including phenoxy) is 1. The van der Waals surface area contributed by atoms with Gasteiger partial charge in [-0.1, -0.05) is 25.5 Å². The normalized spacial score (nSPS) is 10.4. The Balaban J connectivity index is 2.44. The van der Waals surface area contributed by atoms with Gasteiger partial charge in [-0.05, 0) is 30.2 Å². The average Bonchev–Trinajstić information content (AvgIpc) is 2.44. The number of carboxylic acid groups (broad SMARTS) is 1. The molecule has 0 aliphatic carbocycles. The van der Waals surface area contributed by atoms with E-state index in [-0.39, 0.29) is 6.54 Å². The third-order valence-corrected chi connectivity index (χ3v) is 2.49. The first kappa shape index (κ1) is 15.8. The van der Waals surface area contributed by atoms with Gasteiger partial charge in [-0.2, -0.15) is 0 Å². The predicted octanol–water partition coefficient (Wildman–Crippen LogP) is 2.08. The van der Waals surface area contributed by atoms with Crippen LogP contribution in [0.1, 0.15) is 25.3 Å². The molecule has 5 nitrogen and oxygen atoms in total. The summed E-state index contributed by atoms with van der Waals surface area (Å²) in [7, 11) is 0. The largest absolute Gasteiger partial charge is 0.494 e. The number of amides is 1. The van der Waals surface area contributed by atoms with E-state index in [1.807, 2.05) is 24.3 Å². The summed E-state index contributed by atoms with van der Waals surface area (Å²) in [4.78, 5) is 21.5. The molecule has 108 valence electrons. The average molecular weight is 277 g/mol. The lowest BCUT2D eigenvalue weighted by molar-refractivity contribution is -0.137. The van der Waals surface area contributed by atoms with Crippen molar-refractivity contribution in [2.75, 3.05) is 13.2 Å². The van der Waals surface area contributed by atoms with Gasteiger partial charge < -0.3 is 15.2 Å². The first-order valence-electron chi connectivity index (χ1n) is 6.52. The molecule has 0 aliphatic rings. The minimum Gasteiger partial charge on any atom is -0.494 e. The summed E-state index contributed by atoms with van der Waals surface area (Å²) in [5.41, 5.74) is 0.846. The van der Waals surface area contributed by atoms with Gasteiger partial charge >= 0.3 is 5.97 Å². The monoisotopic (exact) mass is 277 g/mol. The van der Waals surface area contributed by atoms with Crippen molar-refractivity contribution in [2.45, 2.75) is 19.8 Å². The molecule has 0 aromatic heterocycles. The molecule has 1 amide bonds. The molecule has 0 spiro atoms. The van der Waals surface area contributed by atoms with Gasteiger partial charge in [0.2, 0.25) is 5.91 Å². The lowest BCUT2D eigenvalue weighted by Crippen LogP contribution is -2.27. The summed E-state index contributed by atoms with van der Waals surface area (Å²) in [5, 5.41) is 10.7. The highest BCUT2D eigenvalue weighted by molar-refractivity contribution is 5.93. The Morgan fingerprint density at radius 2 is 2.00 bits per heavy atom. The molecule has 0 radical (unpaired) electrons. The van der Waals surface area contributed by atoms with Crippen LogP contribution in [0.25, 0.3) is 6.08 Å². The summed E-state index contributed by atoms with van der Waals surface area (Å²) in [6, 6.07) is 7.35.